The van der Waals surface area contributed by atoms with E-state index in [-0.39, 0.29) is 0 Å². The average molecular weight is 840 g/mol. The number of fused-ring (bicyclic) bond motifs is 3. The summed E-state index contributed by atoms with van der Waals surface area (Å²) in [6.45, 7) is 0. The summed E-state index contributed by atoms with van der Waals surface area (Å²) in [5.41, 5.74) is 14.1. The second-order valence-electron chi connectivity index (χ2n) is 16.2. The van der Waals surface area contributed by atoms with Crippen molar-refractivity contribution in [2.45, 2.75) is 0 Å². The van der Waals surface area contributed by atoms with Crippen molar-refractivity contribution in [3.8, 4) is 102 Å². The number of hydrogen-bond donors (Lipinski definition) is 0. The molecule has 5 nitrogen and oxygen atoms in total. The lowest BCUT2D eigenvalue weighted by atomic mass is 9.89. The molecule has 0 aliphatic heterocycles. The number of hydrogen-bond acceptors (Lipinski definition) is 5. The molecule has 11 aromatic rings. The predicted octanol–water partition coefficient (Wildman–Crippen LogP) is 15.3. The first-order valence-corrected chi connectivity index (χ1v) is 21.8. The van der Waals surface area contributed by atoms with Crippen molar-refractivity contribution in [1.29, 1.82) is 10.5 Å². The fourth-order valence-electron chi connectivity index (χ4n) is 8.81. The Hall–Kier alpha value is -9.29. The molecule has 0 aliphatic rings. The van der Waals surface area contributed by atoms with Crippen LogP contribution in [-0.2, 0) is 0 Å². The molecule has 0 spiro atoms. The first-order chi connectivity index (χ1) is 32.6. The van der Waals surface area contributed by atoms with Crippen LogP contribution in [0.15, 0.2) is 224 Å². The first kappa shape index (κ1) is 39.5. The van der Waals surface area contributed by atoms with Crippen molar-refractivity contribution in [1.82, 2.24) is 15.0 Å². The van der Waals surface area contributed by atoms with E-state index in [1.54, 1.807) is 0 Å². The van der Waals surface area contributed by atoms with E-state index in [0.29, 0.717) is 28.6 Å². The minimum absolute atomic E-state index is 0.540. The van der Waals surface area contributed by atoms with Crippen LogP contribution in [-0.4, -0.2) is 15.0 Å². The fourth-order valence-corrected chi connectivity index (χ4v) is 8.81. The molecule has 0 N–H and O–H groups in total. The maximum Gasteiger partial charge on any atom is 0.164 e. The molecule has 306 valence electrons. The number of rotatable bonds is 8. The molecule has 1 heterocycles. The maximum absolute atomic E-state index is 10.5. The summed E-state index contributed by atoms with van der Waals surface area (Å²) < 4.78 is 0. The Morgan fingerprint density at radius 1 is 0.288 bits per heavy atom. The van der Waals surface area contributed by atoms with Crippen molar-refractivity contribution in [3.05, 3.63) is 236 Å². The zero-order valence-electron chi connectivity index (χ0n) is 35.6. The van der Waals surface area contributed by atoms with Gasteiger partial charge in [-0.3, -0.25) is 0 Å². The van der Waals surface area contributed by atoms with E-state index in [9.17, 15) is 10.5 Å². The highest BCUT2D eigenvalue weighted by atomic mass is 15.0. The predicted molar refractivity (Wildman–Crippen MR) is 268 cm³/mol. The molecule has 66 heavy (non-hydrogen) atoms. The minimum Gasteiger partial charge on any atom is -0.208 e. The Balaban J connectivity index is 0.931. The molecule has 0 atom stereocenters. The quantitative estimate of drug-likeness (QED) is 0.142. The molecule has 0 amide bonds. The van der Waals surface area contributed by atoms with E-state index in [4.69, 9.17) is 15.0 Å². The highest BCUT2D eigenvalue weighted by molar-refractivity contribution is 6.08. The molecule has 0 aliphatic carbocycles. The van der Waals surface area contributed by atoms with Crippen molar-refractivity contribution < 1.29 is 0 Å². The molecule has 11 rings (SSSR count). The van der Waals surface area contributed by atoms with Gasteiger partial charge in [-0.25, -0.2) is 15.0 Å². The molecule has 1 aromatic heterocycles. The van der Waals surface area contributed by atoms with Gasteiger partial charge < -0.3 is 0 Å². The second kappa shape index (κ2) is 17.1. The van der Waals surface area contributed by atoms with Crippen LogP contribution in [0.25, 0.3) is 111 Å². The lowest BCUT2D eigenvalue weighted by Crippen LogP contribution is -2.00. The summed E-state index contributed by atoms with van der Waals surface area (Å²) in [5.74, 6) is 1.67. The zero-order chi connectivity index (χ0) is 44.4. The van der Waals surface area contributed by atoms with Gasteiger partial charge in [0.25, 0.3) is 0 Å². The second-order valence-corrected chi connectivity index (χ2v) is 16.2. The molecule has 0 fully saturated rings. The van der Waals surface area contributed by atoms with Crippen LogP contribution < -0.4 is 0 Å². The normalized spacial score (nSPS) is 11.0. The van der Waals surface area contributed by atoms with Crippen LogP contribution in [0.2, 0.25) is 0 Å². The third-order valence-corrected chi connectivity index (χ3v) is 12.2. The van der Waals surface area contributed by atoms with Crippen LogP contribution in [0.4, 0.5) is 0 Å². The molecule has 0 saturated heterocycles. The Morgan fingerprint density at radius 2 is 0.742 bits per heavy atom. The number of aromatic nitrogens is 3. The largest absolute Gasteiger partial charge is 0.208 e. The Morgan fingerprint density at radius 3 is 1.44 bits per heavy atom. The van der Waals surface area contributed by atoms with Crippen LogP contribution in [0.5, 0.6) is 0 Å². The summed E-state index contributed by atoms with van der Waals surface area (Å²) in [5, 5.41) is 24.7. The first-order valence-electron chi connectivity index (χ1n) is 21.8. The van der Waals surface area contributed by atoms with Gasteiger partial charge in [0, 0.05) is 22.3 Å². The van der Waals surface area contributed by atoms with Gasteiger partial charge in [0.2, 0.25) is 0 Å². The van der Waals surface area contributed by atoms with Crippen molar-refractivity contribution in [3.63, 3.8) is 0 Å². The molecular weight excluding hydrogens is 803 g/mol. The van der Waals surface area contributed by atoms with E-state index in [2.05, 4.69) is 133 Å². The molecule has 0 bridgehead atoms. The van der Waals surface area contributed by atoms with Crippen LogP contribution in [0.3, 0.4) is 0 Å². The summed E-state index contributed by atoms with van der Waals surface area (Å²) in [7, 11) is 0. The van der Waals surface area contributed by atoms with Gasteiger partial charge in [-0.05, 0) is 108 Å². The van der Waals surface area contributed by atoms with Crippen molar-refractivity contribution in [2.24, 2.45) is 0 Å². The highest BCUT2D eigenvalue weighted by Crippen LogP contribution is 2.39. The maximum atomic E-state index is 10.5. The molecule has 0 unspecified atom stereocenters. The lowest BCUT2D eigenvalue weighted by molar-refractivity contribution is 1.07. The zero-order valence-corrected chi connectivity index (χ0v) is 35.6. The van der Waals surface area contributed by atoms with Crippen LogP contribution in [0.1, 0.15) is 11.1 Å². The Kier molecular flexibility index (Phi) is 10.3. The highest BCUT2D eigenvalue weighted by Gasteiger charge is 2.17. The molecule has 5 heteroatoms. The van der Waals surface area contributed by atoms with Gasteiger partial charge in [-0.2, -0.15) is 10.5 Å². The van der Waals surface area contributed by atoms with E-state index < -0.39 is 0 Å². The van der Waals surface area contributed by atoms with Gasteiger partial charge >= 0.3 is 0 Å². The van der Waals surface area contributed by atoms with Crippen molar-refractivity contribution in [2.75, 3.05) is 0 Å². The topological polar surface area (TPSA) is 86.2 Å². The third kappa shape index (κ3) is 7.64. The van der Waals surface area contributed by atoms with Gasteiger partial charge in [-0.15, -0.1) is 0 Å². The van der Waals surface area contributed by atoms with E-state index in [0.717, 1.165) is 66.8 Å². The number of benzene rings is 10. The SMILES string of the molecule is N#Cc1ccc(-c2ccc(-c3nc(-c4ccccc4)nc(-c4cccc(-c5cccc(C#N)c5-c5ccc(-c6cccc(-c7ccc8ccc9ccccc9c8c7)c6)cc5)c4)n3)cc2)cc1. The third-order valence-electron chi connectivity index (χ3n) is 12.2. The monoisotopic (exact) mass is 839 g/mol. The molecule has 0 radical (unpaired) electrons. The smallest absolute Gasteiger partial charge is 0.164 e. The van der Waals surface area contributed by atoms with Gasteiger partial charge in [-0.1, -0.05) is 188 Å². The van der Waals surface area contributed by atoms with Gasteiger partial charge in [0.05, 0.1) is 23.3 Å². The number of nitriles is 2. The Bertz CT molecular complexity index is 3690. The van der Waals surface area contributed by atoms with E-state index in [1.807, 2.05) is 103 Å². The van der Waals surface area contributed by atoms with E-state index in [1.165, 1.54) is 27.1 Å². The number of nitrogens with zero attached hydrogens (tertiary/aromatic N) is 5. The van der Waals surface area contributed by atoms with Crippen LogP contribution in [0, 0.1) is 22.7 Å². The van der Waals surface area contributed by atoms with Gasteiger partial charge in [0.15, 0.2) is 17.5 Å². The Labute approximate surface area is 382 Å². The summed E-state index contributed by atoms with van der Waals surface area (Å²) in [6.07, 6.45) is 0. The molecule has 0 saturated carbocycles. The van der Waals surface area contributed by atoms with Crippen LogP contribution >= 0.6 is 0 Å². The molecular formula is C61H37N5. The summed E-state index contributed by atoms with van der Waals surface area (Å²) >= 11 is 0. The summed E-state index contributed by atoms with van der Waals surface area (Å²) in [4.78, 5) is 15.0. The molecule has 10 aromatic carbocycles. The fraction of sp³-hybridized carbons (Fsp3) is 0. The lowest BCUT2D eigenvalue weighted by Gasteiger charge is -2.14. The average Bonchev–Trinajstić information content (AvgIpc) is 3.40. The van der Waals surface area contributed by atoms with Gasteiger partial charge in [0.1, 0.15) is 0 Å². The van der Waals surface area contributed by atoms with Crippen molar-refractivity contribution >= 4 is 21.5 Å². The van der Waals surface area contributed by atoms with E-state index >= 15 is 0 Å². The standard InChI is InChI=1S/C61H37N5/c62-38-40-19-21-41(22-20-40)42-25-32-48(33-26-42)60-64-59(47-10-2-1-3-11-47)65-61(66-60)53-15-7-14-52(36-53)56-18-8-16-54(39-63)58(56)46-30-23-43(24-31-46)49-12-6-13-50(35-49)51-34-29-45-28-27-44-9-4-5-17-55(44)57(45)37-51/h1-37H. The minimum atomic E-state index is 0.540. The summed E-state index contributed by atoms with van der Waals surface area (Å²) in [6, 6.07) is 81.2.